The number of hydrogen-bond acceptors (Lipinski definition) is 4. The first kappa shape index (κ1) is 15.7. The third-order valence-electron chi connectivity index (χ3n) is 1.90. The van der Waals surface area contributed by atoms with Gasteiger partial charge in [-0.25, -0.2) is 9.78 Å². The van der Waals surface area contributed by atoms with Crippen molar-refractivity contribution in [1.29, 1.82) is 0 Å². The first-order chi connectivity index (χ1) is 8.80. The lowest BCUT2D eigenvalue weighted by molar-refractivity contribution is -0.275. The lowest BCUT2D eigenvalue weighted by atomic mass is 10.2. The Hall–Kier alpha value is -1.38. The van der Waals surface area contributed by atoms with Crippen LogP contribution in [0.15, 0.2) is 6.20 Å². The molecule has 1 aromatic heterocycles. The average molecular weight is 346 g/mol. The van der Waals surface area contributed by atoms with Gasteiger partial charge in [0, 0.05) is 17.1 Å². The van der Waals surface area contributed by atoms with Crippen molar-refractivity contribution >= 4 is 21.9 Å². The fraction of sp³-hybridized carbons (Fsp3) is 0.400. The monoisotopic (exact) mass is 345 g/mol. The van der Waals surface area contributed by atoms with Crippen molar-refractivity contribution in [3.05, 3.63) is 23.3 Å². The first-order valence-electron chi connectivity index (χ1n) is 4.96. The van der Waals surface area contributed by atoms with Crippen molar-refractivity contribution in [2.75, 3.05) is 6.61 Å². The molecule has 0 N–H and O–H groups in total. The fourth-order valence-corrected chi connectivity index (χ4v) is 1.62. The summed E-state index contributed by atoms with van der Waals surface area (Å²) in [7, 11) is 0. The predicted octanol–water partition coefficient (Wildman–Crippen LogP) is 3.19. The summed E-state index contributed by atoms with van der Waals surface area (Å²) in [6.07, 6.45) is -4.22. The van der Waals surface area contributed by atoms with Gasteiger partial charge in [0.05, 0.1) is 6.61 Å². The smallest absolute Gasteiger partial charge is 0.462 e. The number of esters is 1. The van der Waals surface area contributed by atoms with E-state index in [0.29, 0.717) is 0 Å². The zero-order valence-corrected chi connectivity index (χ0v) is 11.1. The molecule has 1 aromatic rings. The molecule has 0 spiro atoms. The van der Waals surface area contributed by atoms with Gasteiger partial charge in [-0.3, -0.25) is 0 Å². The van der Waals surface area contributed by atoms with Crippen molar-refractivity contribution in [2.45, 2.75) is 18.6 Å². The molecule has 0 fully saturated rings. The van der Waals surface area contributed by atoms with Crippen molar-refractivity contribution in [3.63, 3.8) is 0 Å². The lowest BCUT2D eigenvalue weighted by Crippen LogP contribution is -2.22. The van der Waals surface area contributed by atoms with E-state index >= 15 is 0 Å². The summed E-state index contributed by atoms with van der Waals surface area (Å²) >= 11 is 2.90. The summed E-state index contributed by atoms with van der Waals surface area (Å²) in [5.41, 5.74) is -1.10. The van der Waals surface area contributed by atoms with Crippen LogP contribution in [0.2, 0.25) is 0 Å². The highest BCUT2D eigenvalue weighted by Crippen LogP contribution is 2.32. The highest BCUT2D eigenvalue weighted by molar-refractivity contribution is 9.08. The van der Waals surface area contributed by atoms with Crippen LogP contribution >= 0.6 is 15.9 Å². The second kappa shape index (κ2) is 6.18. The standard InChI is InChI=1S/C10H8BrF4NO3/c1-2-18-9(17)6-7(19-10(13,14)15)5(3-11)4-16-8(6)12/h4H,2-3H2,1H3. The Morgan fingerprint density at radius 2 is 2.11 bits per heavy atom. The largest absolute Gasteiger partial charge is 0.573 e. The highest BCUT2D eigenvalue weighted by Gasteiger charge is 2.36. The van der Waals surface area contributed by atoms with Gasteiger partial charge < -0.3 is 9.47 Å². The maximum atomic E-state index is 13.4. The van der Waals surface area contributed by atoms with Crippen molar-refractivity contribution in [1.82, 2.24) is 4.98 Å². The molecule has 0 saturated heterocycles. The van der Waals surface area contributed by atoms with E-state index in [1.165, 1.54) is 6.92 Å². The molecule has 0 bridgehead atoms. The molecular formula is C10H8BrF4NO3. The Morgan fingerprint density at radius 3 is 2.58 bits per heavy atom. The van der Waals surface area contributed by atoms with Crippen molar-refractivity contribution in [2.24, 2.45) is 0 Å². The van der Waals surface area contributed by atoms with Crippen LogP contribution in [0.5, 0.6) is 5.75 Å². The van der Waals surface area contributed by atoms with E-state index in [9.17, 15) is 22.4 Å². The fourth-order valence-electron chi connectivity index (χ4n) is 1.22. The van der Waals surface area contributed by atoms with Gasteiger partial charge in [0.1, 0.15) is 0 Å². The molecule has 0 radical (unpaired) electrons. The van der Waals surface area contributed by atoms with Crippen LogP contribution < -0.4 is 4.74 Å². The number of nitrogens with zero attached hydrogens (tertiary/aromatic N) is 1. The maximum absolute atomic E-state index is 13.4. The Balaban J connectivity index is 3.36. The number of alkyl halides is 4. The molecule has 0 aliphatic rings. The number of carbonyl (C=O) groups is 1. The third kappa shape index (κ3) is 4.05. The van der Waals surface area contributed by atoms with Crippen molar-refractivity contribution < 1.29 is 31.8 Å². The van der Waals surface area contributed by atoms with E-state index in [-0.39, 0.29) is 17.5 Å². The molecule has 1 heterocycles. The first-order valence-corrected chi connectivity index (χ1v) is 6.08. The summed E-state index contributed by atoms with van der Waals surface area (Å²) < 4.78 is 58.5. The van der Waals surface area contributed by atoms with Crippen LogP contribution in [-0.4, -0.2) is 23.9 Å². The summed E-state index contributed by atoms with van der Waals surface area (Å²) in [5, 5.41) is -0.0991. The Labute approximate surface area is 113 Å². The molecule has 1 rings (SSSR count). The van der Waals surface area contributed by atoms with Gasteiger partial charge in [-0.2, -0.15) is 4.39 Å². The quantitative estimate of drug-likeness (QED) is 0.364. The topological polar surface area (TPSA) is 48.4 Å². The van der Waals surface area contributed by atoms with E-state index in [0.717, 1.165) is 6.20 Å². The van der Waals surface area contributed by atoms with E-state index in [1.54, 1.807) is 0 Å². The Bertz CT molecular complexity index is 479. The number of rotatable bonds is 4. The number of aromatic nitrogens is 1. The third-order valence-corrected chi connectivity index (χ3v) is 2.50. The molecule has 0 atom stereocenters. The lowest BCUT2D eigenvalue weighted by Gasteiger charge is -2.15. The van der Waals surface area contributed by atoms with Crippen LogP contribution in [0.4, 0.5) is 17.6 Å². The molecule has 106 valence electrons. The minimum Gasteiger partial charge on any atom is -0.462 e. The van der Waals surface area contributed by atoms with Gasteiger partial charge in [-0.15, -0.1) is 13.2 Å². The highest BCUT2D eigenvalue weighted by atomic mass is 79.9. The number of hydrogen-bond donors (Lipinski definition) is 0. The van der Waals surface area contributed by atoms with E-state index in [4.69, 9.17) is 0 Å². The van der Waals surface area contributed by atoms with Crippen LogP contribution in [0.1, 0.15) is 22.8 Å². The zero-order valence-electron chi connectivity index (χ0n) is 9.55. The molecule has 0 unspecified atom stereocenters. The summed E-state index contributed by atoms with van der Waals surface area (Å²) in [6.45, 7) is 1.31. The Morgan fingerprint density at radius 1 is 1.47 bits per heavy atom. The molecule has 0 saturated carbocycles. The summed E-state index contributed by atoms with van der Waals surface area (Å²) in [4.78, 5) is 14.7. The van der Waals surface area contributed by atoms with Crippen molar-refractivity contribution in [3.8, 4) is 5.75 Å². The molecule has 0 aromatic carbocycles. The second-order valence-electron chi connectivity index (χ2n) is 3.18. The number of carbonyl (C=O) groups excluding carboxylic acids is 1. The van der Waals surface area contributed by atoms with E-state index in [2.05, 4.69) is 30.4 Å². The van der Waals surface area contributed by atoms with Crippen LogP contribution in [0.25, 0.3) is 0 Å². The molecule has 4 nitrogen and oxygen atoms in total. The van der Waals surface area contributed by atoms with Gasteiger partial charge >= 0.3 is 12.3 Å². The molecule has 0 amide bonds. The molecule has 19 heavy (non-hydrogen) atoms. The molecule has 9 heteroatoms. The zero-order chi connectivity index (χ0) is 14.6. The SMILES string of the molecule is CCOC(=O)c1c(F)ncc(CBr)c1OC(F)(F)F. The number of halogens is 5. The normalized spacial score (nSPS) is 11.3. The summed E-state index contributed by atoms with van der Waals surface area (Å²) in [5.74, 6) is -3.60. The van der Waals surface area contributed by atoms with Gasteiger partial charge in [0.15, 0.2) is 11.3 Å². The second-order valence-corrected chi connectivity index (χ2v) is 3.74. The number of ether oxygens (including phenoxy) is 2. The number of pyridine rings is 1. The predicted molar refractivity (Wildman–Crippen MR) is 59.5 cm³/mol. The minimum atomic E-state index is -5.06. The molecular weight excluding hydrogens is 338 g/mol. The van der Waals surface area contributed by atoms with E-state index in [1.807, 2.05) is 0 Å². The summed E-state index contributed by atoms with van der Waals surface area (Å²) in [6, 6.07) is 0. The van der Waals surface area contributed by atoms with Gasteiger partial charge in [-0.05, 0) is 6.92 Å². The minimum absolute atomic E-state index is 0.0991. The molecule has 0 aliphatic heterocycles. The van der Waals surface area contributed by atoms with Crippen LogP contribution in [0, 0.1) is 5.95 Å². The van der Waals surface area contributed by atoms with Gasteiger partial charge in [-0.1, -0.05) is 15.9 Å². The van der Waals surface area contributed by atoms with Crippen LogP contribution in [0.3, 0.4) is 0 Å². The Kier molecular flexibility index (Phi) is 5.10. The van der Waals surface area contributed by atoms with Gasteiger partial charge in [0.25, 0.3) is 0 Å². The van der Waals surface area contributed by atoms with Crippen LogP contribution in [-0.2, 0) is 10.1 Å². The average Bonchev–Trinajstić information content (AvgIpc) is 2.27. The van der Waals surface area contributed by atoms with E-state index < -0.39 is 29.6 Å². The maximum Gasteiger partial charge on any atom is 0.573 e. The van der Waals surface area contributed by atoms with Gasteiger partial charge in [0.2, 0.25) is 5.95 Å². The molecule has 0 aliphatic carbocycles.